The molecule has 122 valence electrons. The van der Waals surface area contributed by atoms with Gasteiger partial charge in [0.15, 0.2) is 11.6 Å². The van der Waals surface area contributed by atoms with Crippen molar-refractivity contribution >= 4 is 0 Å². The standard InChI is InChI=1S/C17H24F2N2O/c1-22-14-7-6-13(18)15(16(14)19)17(12-4-2-3-5-12)21-10-8-20-9-11-21/h6-7,12,17,20H,2-5,8-11H2,1H3/t17-/m1/s1. The second-order valence-corrected chi connectivity index (χ2v) is 6.25. The zero-order valence-corrected chi connectivity index (χ0v) is 13.1. The molecule has 0 radical (unpaired) electrons. The normalized spacial score (nSPS) is 22.0. The molecule has 1 saturated carbocycles. The lowest BCUT2D eigenvalue weighted by molar-refractivity contribution is 0.118. The Labute approximate surface area is 130 Å². The van der Waals surface area contributed by atoms with Gasteiger partial charge in [0.25, 0.3) is 0 Å². The Kier molecular flexibility index (Phi) is 4.93. The van der Waals surface area contributed by atoms with Crippen LogP contribution in [0.4, 0.5) is 8.78 Å². The predicted molar refractivity (Wildman–Crippen MR) is 82.1 cm³/mol. The van der Waals surface area contributed by atoms with Crippen molar-refractivity contribution in [1.82, 2.24) is 10.2 Å². The number of rotatable bonds is 4. The fourth-order valence-electron chi connectivity index (χ4n) is 3.93. The minimum absolute atomic E-state index is 0.134. The molecule has 5 heteroatoms. The van der Waals surface area contributed by atoms with Crippen LogP contribution < -0.4 is 10.1 Å². The summed E-state index contributed by atoms with van der Waals surface area (Å²) in [6.45, 7) is 3.40. The lowest BCUT2D eigenvalue weighted by atomic mass is 9.89. The van der Waals surface area contributed by atoms with E-state index in [4.69, 9.17) is 4.74 Å². The molecule has 3 nitrogen and oxygen atoms in total. The molecule has 0 spiro atoms. The summed E-state index contributed by atoms with van der Waals surface area (Å²) in [5.41, 5.74) is 0.202. The molecule has 22 heavy (non-hydrogen) atoms. The van der Waals surface area contributed by atoms with Crippen molar-refractivity contribution in [2.45, 2.75) is 31.7 Å². The van der Waals surface area contributed by atoms with Crippen LogP contribution in [0.1, 0.15) is 37.3 Å². The topological polar surface area (TPSA) is 24.5 Å². The van der Waals surface area contributed by atoms with Gasteiger partial charge in [-0.05, 0) is 30.9 Å². The molecule has 0 amide bonds. The zero-order valence-electron chi connectivity index (χ0n) is 13.1. The molecule has 1 saturated heterocycles. The van der Waals surface area contributed by atoms with E-state index in [-0.39, 0.29) is 17.4 Å². The minimum Gasteiger partial charge on any atom is -0.494 e. The third-order valence-corrected chi connectivity index (χ3v) is 5.00. The van der Waals surface area contributed by atoms with Crippen LogP contribution in [0.15, 0.2) is 12.1 Å². The van der Waals surface area contributed by atoms with E-state index in [1.807, 2.05) is 0 Å². The van der Waals surface area contributed by atoms with Gasteiger partial charge >= 0.3 is 0 Å². The highest BCUT2D eigenvalue weighted by Gasteiger charge is 2.36. The summed E-state index contributed by atoms with van der Waals surface area (Å²) >= 11 is 0. The van der Waals surface area contributed by atoms with Crippen molar-refractivity contribution in [3.8, 4) is 5.75 Å². The SMILES string of the molecule is COc1ccc(F)c([C@@H](C2CCCC2)N2CCNCC2)c1F. The second-order valence-electron chi connectivity index (χ2n) is 6.25. The molecular weight excluding hydrogens is 286 g/mol. The van der Waals surface area contributed by atoms with E-state index < -0.39 is 11.6 Å². The molecule has 1 aromatic rings. The maximum Gasteiger partial charge on any atom is 0.172 e. The van der Waals surface area contributed by atoms with E-state index in [1.54, 1.807) is 0 Å². The second kappa shape index (κ2) is 6.92. The third kappa shape index (κ3) is 2.97. The van der Waals surface area contributed by atoms with Crippen LogP contribution in [-0.4, -0.2) is 38.2 Å². The molecule has 0 unspecified atom stereocenters. The number of piperazine rings is 1. The van der Waals surface area contributed by atoms with Crippen LogP contribution >= 0.6 is 0 Å². The number of nitrogens with one attached hydrogen (secondary N) is 1. The summed E-state index contributed by atoms with van der Waals surface area (Å²) in [6, 6.07) is 2.53. The van der Waals surface area contributed by atoms with Gasteiger partial charge in [-0.15, -0.1) is 0 Å². The number of halogens is 2. The summed E-state index contributed by atoms with van der Waals surface area (Å²) in [4.78, 5) is 2.24. The van der Waals surface area contributed by atoms with Crippen molar-refractivity contribution in [3.63, 3.8) is 0 Å². The smallest absolute Gasteiger partial charge is 0.172 e. The average molecular weight is 310 g/mol. The Bertz CT molecular complexity index is 512. The monoisotopic (exact) mass is 310 g/mol. The minimum atomic E-state index is -0.530. The molecule has 3 rings (SSSR count). The lowest BCUT2D eigenvalue weighted by Crippen LogP contribution is -2.47. The van der Waals surface area contributed by atoms with Crippen LogP contribution in [0.5, 0.6) is 5.75 Å². The highest BCUT2D eigenvalue weighted by molar-refractivity contribution is 5.35. The van der Waals surface area contributed by atoms with E-state index in [1.165, 1.54) is 19.2 Å². The quantitative estimate of drug-likeness (QED) is 0.925. The molecule has 2 fully saturated rings. The maximum atomic E-state index is 14.8. The number of hydrogen-bond donors (Lipinski definition) is 1. The number of ether oxygens (including phenoxy) is 1. The van der Waals surface area contributed by atoms with Gasteiger partial charge in [0.1, 0.15) is 5.82 Å². The summed E-state index contributed by atoms with van der Waals surface area (Å²) in [7, 11) is 1.43. The first kappa shape index (κ1) is 15.7. The number of benzene rings is 1. The molecule has 1 heterocycles. The lowest BCUT2D eigenvalue weighted by Gasteiger charge is -2.39. The van der Waals surface area contributed by atoms with Gasteiger partial charge < -0.3 is 10.1 Å². The van der Waals surface area contributed by atoms with Gasteiger partial charge in [-0.2, -0.15) is 0 Å². The summed E-state index contributed by atoms with van der Waals surface area (Å²) in [5, 5.41) is 3.31. The van der Waals surface area contributed by atoms with E-state index in [9.17, 15) is 8.78 Å². The first-order chi connectivity index (χ1) is 10.7. The van der Waals surface area contributed by atoms with E-state index >= 15 is 0 Å². The van der Waals surface area contributed by atoms with Crippen LogP contribution in [-0.2, 0) is 0 Å². The predicted octanol–water partition coefficient (Wildman–Crippen LogP) is 3.11. The van der Waals surface area contributed by atoms with Crippen LogP contribution in [0.2, 0.25) is 0 Å². The fourth-order valence-corrected chi connectivity index (χ4v) is 3.93. The van der Waals surface area contributed by atoms with Crippen molar-refractivity contribution in [2.75, 3.05) is 33.3 Å². The van der Waals surface area contributed by atoms with Gasteiger partial charge in [-0.25, -0.2) is 8.78 Å². The van der Waals surface area contributed by atoms with Gasteiger partial charge in [-0.3, -0.25) is 4.90 Å². The van der Waals surface area contributed by atoms with Gasteiger partial charge in [-0.1, -0.05) is 12.8 Å². The van der Waals surface area contributed by atoms with Crippen molar-refractivity contribution in [1.29, 1.82) is 0 Å². The molecule has 1 aromatic carbocycles. The number of hydrogen-bond acceptors (Lipinski definition) is 3. The highest BCUT2D eigenvalue weighted by atomic mass is 19.1. The molecule has 0 aromatic heterocycles. The Morgan fingerprint density at radius 3 is 2.50 bits per heavy atom. The Hall–Kier alpha value is -1.20. The van der Waals surface area contributed by atoms with Crippen molar-refractivity contribution in [3.05, 3.63) is 29.3 Å². The van der Waals surface area contributed by atoms with Crippen molar-refractivity contribution < 1.29 is 13.5 Å². The maximum absolute atomic E-state index is 14.8. The van der Waals surface area contributed by atoms with E-state index in [0.29, 0.717) is 5.92 Å². The summed E-state index contributed by atoms with van der Waals surface area (Å²) in [6.07, 6.45) is 4.40. The molecule has 0 bridgehead atoms. The summed E-state index contributed by atoms with van der Waals surface area (Å²) in [5.74, 6) is -0.518. The van der Waals surface area contributed by atoms with Gasteiger partial charge in [0.05, 0.1) is 7.11 Å². The molecule has 1 N–H and O–H groups in total. The molecular formula is C17H24F2N2O. The van der Waals surface area contributed by atoms with E-state index in [2.05, 4.69) is 10.2 Å². The third-order valence-electron chi connectivity index (χ3n) is 5.00. The van der Waals surface area contributed by atoms with Gasteiger partial charge in [0, 0.05) is 37.8 Å². The Morgan fingerprint density at radius 2 is 1.86 bits per heavy atom. The molecule has 1 atom stereocenters. The van der Waals surface area contributed by atoms with Crippen LogP contribution in [0.25, 0.3) is 0 Å². The number of methoxy groups -OCH3 is 1. The zero-order chi connectivity index (χ0) is 15.5. The van der Waals surface area contributed by atoms with Crippen molar-refractivity contribution in [2.24, 2.45) is 5.92 Å². The molecule has 1 aliphatic heterocycles. The number of nitrogens with zero attached hydrogens (tertiary/aromatic N) is 1. The molecule has 2 aliphatic rings. The van der Waals surface area contributed by atoms with Gasteiger partial charge in [0.2, 0.25) is 0 Å². The van der Waals surface area contributed by atoms with E-state index in [0.717, 1.165) is 51.9 Å². The summed E-state index contributed by atoms with van der Waals surface area (Å²) < 4.78 is 34.3. The fraction of sp³-hybridized carbons (Fsp3) is 0.647. The average Bonchev–Trinajstić information content (AvgIpc) is 3.06. The largest absolute Gasteiger partial charge is 0.494 e. The highest BCUT2D eigenvalue weighted by Crippen LogP contribution is 2.42. The molecule has 1 aliphatic carbocycles. The Morgan fingerprint density at radius 1 is 1.18 bits per heavy atom. The first-order valence-corrected chi connectivity index (χ1v) is 8.19. The van der Waals surface area contributed by atoms with Crippen LogP contribution in [0.3, 0.4) is 0 Å². The Balaban J connectivity index is 2.01. The first-order valence-electron chi connectivity index (χ1n) is 8.19. The van der Waals surface area contributed by atoms with Crippen LogP contribution in [0, 0.1) is 17.6 Å².